The Morgan fingerprint density at radius 2 is 2.27 bits per heavy atom. The lowest BCUT2D eigenvalue weighted by Gasteiger charge is -2.02. The zero-order chi connectivity index (χ0) is 8.27. The number of halogens is 1. The Morgan fingerprint density at radius 3 is 2.82 bits per heavy atom. The van der Waals surface area contributed by atoms with Crippen molar-refractivity contribution in [3.8, 4) is 0 Å². The molecule has 0 aliphatic heterocycles. The summed E-state index contributed by atoms with van der Waals surface area (Å²) in [6, 6.07) is 0. The molecular weight excluding hydrogens is 204 g/mol. The minimum atomic E-state index is 0.959. The minimum absolute atomic E-state index is 0.959. The van der Waals surface area contributed by atoms with E-state index in [2.05, 4.69) is 34.9 Å². The van der Waals surface area contributed by atoms with Crippen molar-refractivity contribution < 1.29 is 0 Å². The molecule has 2 nitrogen and oxygen atoms in total. The second kappa shape index (κ2) is 3.90. The second-order valence-electron chi connectivity index (χ2n) is 2.50. The summed E-state index contributed by atoms with van der Waals surface area (Å²) in [5, 5.41) is 4.22. The normalized spacial score (nSPS) is 10.5. The van der Waals surface area contributed by atoms with Gasteiger partial charge in [0.2, 0.25) is 0 Å². The first-order chi connectivity index (χ1) is 5.29. The number of hydrogen-bond acceptors (Lipinski definition) is 1. The summed E-state index contributed by atoms with van der Waals surface area (Å²) in [6.45, 7) is 5.25. The summed E-state index contributed by atoms with van der Waals surface area (Å²) < 4.78 is 3.18. The smallest absolute Gasteiger partial charge is 0.0635 e. The molecule has 0 N–H and O–H groups in total. The maximum Gasteiger partial charge on any atom is 0.0635 e. The third kappa shape index (κ3) is 1.83. The van der Waals surface area contributed by atoms with E-state index in [9.17, 15) is 0 Å². The van der Waals surface area contributed by atoms with Crippen LogP contribution in [0.3, 0.4) is 0 Å². The number of nitrogens with zero attached hydrogens (tertiary/aromatic N) is 2. The third-order valence-electron chi connectivity index (χ3n) is 1.68. The van der Waals surface area contributed by atoms with Crippen molar-refractivity contribution in [1.82, 2.24) is 9.78 Å². The summed E-state index contributed by atoms with van der Waals surface area (Å²) in [5.74, 6) is 0. The van der Waals surface area contributed by atoms with Gasteiger partial charge in [0.25, 0.3) is 0 Å². The van der Waals surface area contributed by atoms with Gasteiger partial charge in [-0.05, 0) is 29.3 Å². The molecular formula is C8H13BrN2. The average molecular weight is 217 g/mol. The first kappa shape index (κ1) is 8.78. The van der Waals surface area contributed by atoms with E-state index in [0.717, 1.165) is 17.4 Å². The Bertz CT molecular complexity index is 230. The fraction of sp³-hybridized carbons (Fsp3) is 0.625. The molecule has 0 saturated carbocycles. The number of aryl methyl sites for hydroxylation is 1. The summed E-state index contributed by atoms with van der Waals surface area (Å²) in [5.41, 5.74) is 1.31. The highest BCUT2D eigenvalue weighted by atomic mass is 79.9. The highest BCUT2D eigenvalue weighted by molar-refractivity contribution is 9.10. The molecule has 1 aromatic rings. The third-order valence-corrected chi connectivity index (χ3v) is 2.35. The molecule has 0 aliphatic carbocycles. The molecule has 11 heavy (non-hydrogen) atoms. The lowest BCUT2D eigenvalue weighted by atomic mass is 10.2. The predicted molar refractivity (Wildman–Crippen MR) is 49.6 cm³/mol. The second-order valence-corrected chi connectivity index (χ2v) is 3.36. The van der Waals surface area contributed by atoms with E-state index >= 15 is 0 Å². The van der Waals surface area contributed by atoms with Crippen molar-refractivity contribution in [2.75, 3.05) is 0 Å². The lowest BCUT2D eigenvalue weighted by Crippen LogP contribution is -2.02. The Morgan fingerprint density at radius 1 is 1.55 bits per heavy atom. The molecule has 0 unspecified atom stereocenters. The van der Waals surface area contributed by atoms with Gasteiger partial charge in [0.15, 0.2) is 0 Å². The maximum atomic E-state index is 4.22. The molecule has 1 rings (SSSR count). The van der Waals surface area contributed by atoms with Gasteiger partial charge in [-0.2, -0.15) is 5.10 Å². The summed E-state index contributed by atoms with van der Waals surface area (Å²) in [7, 11) is 0. The van der Waals surface area contributed by atoms with E-state index in [1.165, 1.54) is 12.1 Å². The Balaban J connectivity index is 2.88. The molecule has 0 bridgehead atoms. The van der Waals surface area contributed by atoms with Crippen LogP contribution >= 0.6 is 15.9 Å². The van der Waals surface area contributed by atoms with Crippen LogP contribution in [0.5, 0.6) is 0 Å². The Hall–Kier alpha value is -0.310. The van der Waals surface area contributed by atoms with Gasteiger partial charge in [-0.1, -0.05) is 13.3 Å². The lowest BCUT2D eigenvalue weighted by molar-refractivity contribution is 0.615. The molecule has 3 heteroatoms. The van der Waals surface area contributed by atoms with Crippen LogP contribution in [0.2, 0.25) is 0 Å². The largest absolute Gasteiger partial charge is 0.269 e. The first-order valence-electron chi connectivity index (χ1n) is 3.99. The van der Waals surface area contributed by atoms with E-state index in [0.29, 0.717) is 0 Å². The van der Waals surface area contributed by atoms with Crippen molar-refractivity contribution in [3.05, 3.63) is 16.4 Å². The minimum Gasteiger partial charge on any atom is -0.269 e. The molecule has 0 spiro atoms. The van der Waals surface area contributed by atoms with E-state index in [1.54, 1.807) is 0 Å². The van der Waals surface area contributed by atoms with Gasteiger partial charge in [0.1, 0.15) is 0 Å². The molecule has 0 amide bonds. The monoisotopic (exact) mass is 216 g/mol. The van der Waals surface area contributed by atoms with E-state index < -0.39 is 0 Å². The van der Waals surface area contributed by atoms with Crippen LogP contribution in [0.4, 0.5) is 0 Å². The molecule has 0 fully saturated rings. The van der Waals surface area contributed by atoms with Crippen LogP contribution in [-0.2, 0) is 13.0 Å². The van der Waals surface area contributed by atoms with Crippen molar-refractivity contribution in [2.24, 2.45) is 0 Å². The SMILES string of the molecule is CCCc1c(Br)cnn1CC. The molecule has 0 radical (unpaired) electrons. The number of aromatic nitrogens is 2. The quantitative estimate of drug-likeness (QED) is 0.760. The summed E-state index contributed by atoms with van der Waals surface area (Å²) in [6.07, 6.45) is 4.15. The fourth-order valence-corrected chi connectivity index (χ4v) is 1.64. The van der Waals surface area contributed by atoms with Crippen molar-refractivity contribution >= 4 is 15.9 Å². The number of hydrogen-bond donors (Lipinski definition) is 0. The zero-order valence-corrected chi connectivity index (χ0v) is 8.56. The molecule has 62 valence electrons. The van der Waals surface area contributed by atoms with Crippen LogP contribution in [0.15, 0.2) is 10.7 Å². The molecule has 0 atom stereocenters. The predicted octanol–water partition coefficient (Wildman–Crippen LogP) is 2.62. The van der Waals surface area contributed by atoms with Gasteiger partial charge in [0.05, 0.1) is 16.4 Å². The molecule has 0 saturated heterocycles. The Labute approximate surface area is 75.7 Å². The molecule has 1 aromatic heterocycles. The van der Waals surface area contributed by atoms with Crippen LogP contribution < -0.4 is 0 Å². The highest BCUT2D eigenvalue weighted by Gasteiger charge is 2.04. The number of rotatable bonds is 3. The standard InChI is InChI=1S/C8H13BrN2/c1-3-5-8-7(9)6-10-11(8)4-2/h6H,3-5H2,1-2H3. The summed E-state index contributed by atoms with van der Waals surface area (Å²) >= 11 is 3.48. The highest BCUT2D eigenvalue weighted by Crippen LogP contribution is 2.17. The average Bonchev–Trinajstić information content (AvgIpc) is 2.34. The zero-order valence-electron chi connectivity index (χ0n) is 6.97. The van der Waals surface area contributed by atoms with Gasteiger partial charge in [-0.25, -0.2) is 0 Å². The van der Waals surface area contributed by atoms with Crippen LogP contribution in [-0.4, -0.2) is 9.78 Å². The fourth-order valence-electron chi connectivity index (χ4n) is 1.15. The summed E-state index contributed by atoms with van der Waals surface area (Å²) in [4.78, 5) is 0. The van der Waals surface area contributed by atoms with Crippen molar-refractivity contribution in [1.29, 1.82) is 0 Å². The molecule has 0 aromatic carbocycles. The molecule has 1 heterocycles. The van der Waals surface area contributed by atoms with Gasteiger partial charge in [-0.15, -0.1) is 0 Å². The van der Waals surface area contributed by atoms with Crippen molar-refractivity contribution in [2.45, 2.75) is 33.2 Å². The van der Waals surface area contributed by atoms with Gasteiger partial charge in [-0.3, -0.25) is 4.68 Å². The van der Waals surface area contributed by atoms with Crippen LogP contribution in [0, 0.1) is 0 Å². The maximum absolute atomic E-state index is 4.22. The Kier molecular flexibility index (Phi) is 3.12. The molecule has 0 aliphatic rings. The van der Waals surface area contributed by atoms with Gasteiger partial charge >= 0.3 is 0 Å². The van der Waals surface area contributed by atoms with E-state index in [-0.39, 0.29) is 0 Å². The van der Waals surface area contributed by atoms with Gasteiger partial charge in [0, 0.05) is 6.54 Å². The van der Waals surface area contributed by atoms with E-state index in [4.69, 9.17) is 0 Å². The van der Waals surface area contributed by atoms with Crippen molar-refractivity contribution in [3.63, 3.8) is 0 Å². The first-order valence-corrected chi connectivity index (χ1v) is 4.79. The van der Waals surface area contributed by atoms with E-state index in [1.807, 2.05) is 10.9 Å². The van der Waals surface area contributed by atoms with Gasteiger partial charge < -0.3 is 0 Å². The topological polar surface area (TPSA) is 17.8 Å². The van der Waals surface area contributed by atoms with Crippen LogP contribution in [0.25, 0.3) is 0 Å². The van der Waals surface area contributed by atoms with Crippen LogP contribution in [0.1, 0.15) is 26.0 Å².